The third-order valence-corrected chi connectivity index (χ3v) is 2.00. The van der Waals surface area contributed by atoms with Gasteiger partial charge in [0.05, 0.1) is 5.75 Å². The average Bonchev–Trinajstić information content (AvgIpc) is 1.87. The highest BCUT2D eigenvalue weighted by Crippen LogP contribution is 2.02. The van der Waals surface area contributed by atoms with E-state index in [-0.39, 0.29) is 5.75 Å². The molecule has 0 aliphatic rings. The monoisotopic (exact) mass is 163 g/mol. The smallest absolute Gasteiger partial charge is 0.313 e. The van der Waals surface area contributed by atoms with Crippen molar-refractivity contribution in [2.45, 2.75) is 12.8 Å². The third-order valence-electron chi connectivity index (χ3n) is 0.968. The van der Waals surface area contributed by atoms with Crippen LogP contribution in [0.5, 0.6) is 0 Å². The summed E-state index contributed by atoms with van der Waals surface area (Å²) in [5.74, 6) is 0.381. The van der Waals surface area contributed by atoms with Gasteiger partial charge in [-0.25, -0.2) is 0 Å². The van der Waals surface area contributed by atoms with E-state index in [0.717, 1.165) is 18.6 Å². The van der Waals surface area contributed by atoms with Crippen LogP contribution in [0.15, 0.2) is 0 Å². The van der Waals surface area contributed by atoms with Gasteiger partial charge in [-0.1, -0.05) is 0 Å². The number of unbranched alkanes of at least 4 members (excludes halogenated alkanes) is 1. The van der Waals surface area contributed by atoms with Gasteiger partial charge in [0.1, 0.15) is 0 Å². The molecular weight excluding hydrogens is 150 g/mol. The topological polar surface area (TPSA) is 63.3 Å². The van der Waals surface area contributed by atoms with Gasteiger partial charge in [-0.15, -0.1) is 0 Å². The molecule has 0 unspecified atom stereocenters. The van der Waals surface area contributed by atoms with Crippen molar-refractivity contribution in [3.05, 3.63) is 0 Å². The van der Waals surface area contributed by atoms with Crippen LogP contribution < -0.4 is 5.73 Å². The third kappa shape index (κ3) is 7.78. The minimum atomic E-state index is -0.738. The zero-order chi connectivity index (χ0) is 7.82. The van der Waals surface area contributed by atoms with E-state index in [1.165, 1.54) is 11.8 Å². The van der Waals surface area contributed by atoms with E-state index in [1.807, 2.05) is 0 Å². The predicted molar refractivity (Wildman–Crippen MR) is 43.2 cm³/mol. The molecule has 3 N–H and O–H groups in total. The van der Waals surface area contributed by atoms with Crippen molar-refractivity contribution in [3.8, 4) is 0 Å². The number of carbonyl (C=O) groups is 1. The lowest BCUT2D eigenvalue weighted by Crippen LogP contribution is -2.01. The van der Waals surface area contributed by atoms with E-state index in [9.17, 15) is 4.79 Å². The number of thioether (sulfide) groups is 1. The molecule has 0 amide bonds. The van der Waals surface area contributed by atoms with Crippen LogP contribution >= 0.6 is 11.8 Å². The van der Waals surface area contributed by atoms with Crippen LogP contribution in [0.4, 0.5) is 0 Å². The molecule has 3 nitrogen and oxygen atoms in total. The SMILES string of the molecule is NCCCCSCC(=O)O. The van der Waals surface area contributed by atoms with Crippen molar-refractivity contribution in [1.29, 1.82) is 0 Å². The van der Waals surface area contributed by atoms with Crippen LogP contribution in [0.1, 0.15) is 12.8 Å². The fraction of sp³-hybridized carbons (Fsp3) is 0.833. The Balaban J connectivity index is 2.84. The van der Waals surface area contributed by atoms with Gasteiger partial charge in [-0.2, -0.15) is 11.8 Å². The summed E-state index contributed by atoms with van der Waals surface area (Å²) in [6.45, 7) is 0.702. The highest BCUT2D eigenvalue weighted by molar-refractivity contribution is 7.99. The summed E-state index contributed by atoms with van der Waals surface area (Å²) >= 11 is 1.45. The van der Waals surface area contributed by atoms with Crippen LogP contribution in [0, 0.1) is 0 Å². The average molecular weight is 163 g/mol. The Labute approximate surface area is 65.0 Å². The van der Waals surface area contributed by atoms with Crippen molar-refractivity contribution in [1.82, 2.24) is 0 Å². The zero-order valence-corrected chi connectivity index (χ0v) is 6.69. The summed E-state index contributed by atoms with van der Waals surface area (Å²) in [5.41, 5.74) is 5.24. The van der Waals surface area contributed by atoms with Crippen molar-refractivity contribution in [2.75, 3.05) is 18.1 Å². The number of carboxylic acid groups (broad SMARTS) is 1. The van der Waals surface area contributed by atoms with Crippen LogP contribution in [0.25, 0.3) is 0 Å². The maximum atomic E-state index is 9.99. The first-order chi connectivity index (χ1) is 4.77. The van der Waals surface area contributed by atoms with Crippen molar-refractivity contribution < 1.29 is 9.90 Å². The second-order valence-electron chi connectivity index (χ2n) is 1.94. The van der Waals surface area contributed by atoms with E-state index in [0.29, 0.717) is 6.54 Å². The fourth-order valence-electron chi connectivity index (χ4n) is 0.508. The molecule has 0 saturated carbocycles. The number of nitrogens with two attached hydrogens (primary N) is 1. The quantitative estimate of drug-likeness (QED) is 0.561. The van der Waals surface area contributed by atoms with Crippen LogP contribution in [0.3, 0.4) is 0 Å². The molecular formula is C6H13NO2S. The van der Waals surface area contributed by atoms with Gasteiger partial charge in [-0.05, 0) is 25.1 Å². The molecule has 0 aliphatic carbocycles. The molecule has 0 spiro atoms. The van der Waals surface area contributed by atoms with E-state index >= 15 is 0 Å². The van der Waals surface area contributed by atoms with Crippen LogP contribution in [0.2, 0.25) is 0 Å². The normalized spacial score (nSPS) is 9.70. The number of rotatable bonds is 6. The largest absolute Gasteiger partial charge is 0.481 e. The molecule has 60 valence electrons. The van der Waals surface area contributed by atoms with Gasteiger partial charge in [0.25, 0.3) is 0 Å². The Morgan fingerprint density at radius 2 is 2.20 bits per heavy atom. The maximum absolute atomic E-state index is 9.99. The number of carboxylic acids is 1. The number of hydrogen-bond acceptors (Lipinski definition) is 3. The Kier molecular flexibility index (Phi) is 6.74. The first-order valence-corrected chi connectivity index (χ1v) is 4.42. The molecule has 4 heteroatoms. The summed E-state index contributed by atoms with van der Waals surface area (Å²) in [6.07, 6.45) is 2.01. The molecule has 0 radical (unpaired) electrons. The molecule has 0 atom stereocenters. The van der Waals surface area contributed by atoms with E-state index in [2.05, 4.69) is 0 Å². The lowest BCUT2D eigenvalue weighted by Gasteiger charge is -1.95. The minimum absolute atomic E-state index is 0.213. The summed E-state index contributed by atoms with van der Waals surface area (Å²) in [5, 5.41) is 8.22. The van der Waals surface area contributed by atoms with Gasteiger partial charge in [0, 0.05) is 0 Å². The zero-order valence-electron chi connectivity index (χ0n) is 5.88. The molecule has 0 saturated heterocycles. The van der Waals surface area contributed by atoms with E-state index < -0.39 is 5.97 Å². The fourth-order valence-corrected chi connectivity index (χ4v) is 1.24. The molecule has 0 aromatic carbocycles. The summed E-state index contributed by atoms with van der Waals surface area (Å²) in [6, 6.07) is 0. The van der Waals surface area contributed by atoms with E-state index in [1.54, 1.807) is 0 Å². The lowest BCUT2D eigenvalue weighted by atomic mass is 10.3. The highest BCUT2D eigenvalue weighted by atomic mass is 32.2. The second-order valence-corrected chi connectivity index (χ2v) is 3.05. The standard InChI is InChI=1S/C6H13NO2S/c7-3-1-2-4-10-5-6(8)9/h1-5,7H2,(H,8,9). The predicted octanol–water partition coefficient (Wildman–Crippen LogP) is 0.543. The molecule has 10 heavy (non-hydrogen) atoms. The molecule has 0 fully saturated rings. The Hall–Kier alpha value is -0.220. The van der Waals surface area contributed by atoms with Gasteiger partial charge in [-0.3, -0.25) is 4.79 Å². The van der Waals surface area contributed by atoms with Crippen molar-refractivity contribution in [3.63, 3.8) is 0 Å². The van der Waals surface area contributed by atoms with Crippen LogP contribution in [-0.4, -0.2) is 29.1 Å². The Morgan fingerprint density at radius 1 is 1.50 bits per heavy atom. The summed E-state index contributed by atoms with van der Waals surface area (Å²) in [4.78, 5) is 9.99. The molecule has 0 heterocycles. The Bertz CT molecular complexity index is 97.7. The van der Waals surface area contributed by atoms with Gasteiger partial charge < -0.3 is 10.8 Å². The Morgan fingerprint density at radius 3 is 2.70 bits per heavy atom. The molecule has 0 aromatic rings. The second kappa shape index (κ2) is 6.89. The van der Waals surface area contributed by atoms with E-state index in [4.69, 9.17) is 10.8 Å². The van der Waals surface area contributed by atoms with Gasteiger partial charge in [0.15, 0.2) is 0 Å². The molecule has 0 bridgehead atoms. The highest BCUT2D eigenvalue weighted by Gasteiger charge is 1.94. The van der Waals surface area contributed by atoms with Gasteiger partial charge >= 0.3 is 5.97 Å². The lowest BCUT2D eigenvalue weighted by molar-refractivity contribution is -0.133. The number of aliphatic carboxylic acids is 1. The van der Waals surface area contributed by atoms with Gasteiger partial charge in [0.2, 0.25) is 0 Å². The molecule has 0 aromatic heterocycles. The minimum Gasteiger partial charge on any atom is -0.481 e. The summed E-state index contributed by atoms with van der Waals surface area (Å²) < 4.78 is 0. The van der Waals surface area contributed by atoms with Crippen molar-refractivity contribution in [2.24, 2.45) is 5.73 Å². The first-order valence-electron chi connectivity index (χ1n) is 3.27. The van der Waals surface area contributed by atoms with Crippen LogP contribution in [-0.2, 0) is 4.79 Å². The number of hydrogen-bond donors (Lipinski definition) is 2. The maximum Gasteiger partial charge on any atom is 0.313 e. The van der Waals surface area contributed by atoms with Crippen molar-refractivity contribution >= 4 is 17.7 Å². The first kappa shape index (κ1) is 9.78. The molecule has 0 rings (SSSR count). The molecule has 0 aliphatic heterocycles. The summed E-state index contributed by atoms with van der Waals surface area (Å²) in [7, 11) is 0.